The van der Waals surface area contributed by atoms with Gasteiger partial charge in [-0.25, -0.2) is 4.57 Å². The Morgan fingerprint density at radius 3 is 2.48 bits per heavy atom. The lowest BCUT2D eigenvalue weighted by atomic mass is 10.1. The van der Waals surface area contributed by atoms with Gasteiger partial charge in [0.15, 0.2) is 5.69 Å². The van der Waals surface area contributed by atoms with Gasteiger partial charge in [-0.15, -0.1) is 0 Å². The molecule has 0 atom stereocenters. The number of ether oxygens (including phenoxy) is 1. The molecule has 130 valence electrons. The molecule has 6 heteroatoms. The minimum atomic E-state index is 0. The predicted octanol–water partition coefficient (Wildman–Crippen LogP) is 1.70. The van der Waals surface area contributed by atoms with E-state index in [0.29, 0.717) is 0 Å². The lowest BCUT2D eigenvalue weighted by Gasteiger charge is -2.10. The smallest absolute Gasteiger partial charge is 0.323 e. The normalized spacial score (nSPS) is 13.0. The van der Waals surface area contributed by atoms with Gasteiger partial charge in [-0.1, -0.05) is 15.9 Å². The monoisotopic (exact) mass is 480 g/mol. The molecule has 4 rings (SSSR count). The van der Waals surface area contributed by atoms with Crippen LogP contribution in [0.15, 0.2) is 64.4 Å². The summed E-state index contributed by atoms with van der Waals surface area (Å²) in [5.41, 5.74) is 3.67. The molecular weight excluding hydrogens is 464 g/mol. The topological polar surface area (TPSA) is 18.0 Å². The Kier molecular flexibility index (Phi) is 5.92. The Morgan fingerprint density at radius 2 is 1.80 bits per heavy atom. The van der Waals surface area contributed by atoms with Crippen LogP contribution in [0.5, 0.6) is 5.75 Å². The minimum absolute atomic E-state index is 0. The van der Waals surface area contributed by atoms with Crippen molar-refractivity contribution in [3.63, 3.8) is 0 Å². The molecule has 0 aliphatic carbocycles. The number of aromatic nitrogens is 2. The number of halogens is 2. The molecule has 0 bridgehead atoms. The van der Waals surface area contributed by atoms with Crippen molar-refractivity contribution in [3.05, 3.63) is 59.2 Å². The van der Waals surface area contributed by atoms with Gasteiger partial charge in [0, 0.05) is 15.8 Å². The summed E-state index contributed by atoms with van der Waals surface area (Å²) in [6.45, 7) is 1.07. The van der Waals surface area contributed by atoms with Gasteiger partial charge in [-0.05, 0) is 66.7 Å². The zero-order chi connectivity index (χ0) is 16.5. The number of hydrogen-bond donors (Lipinski definition) is 0. The van der Waals surface area contributed by atoms with Crippen LogP contribution in [-0.2, 0) is 6.54 Å². The molecule has 0 fully saturated rings. The van der Waals surface area contributed by atoms with Gasteiger partial charge in [-0.2, -0.15) is 4.57 Å². The molecule has 0 unspecified atom stereocenters. The fourth-order valence-corrected chi connectivity index (χ4v) is 4.37. The summed E-state index contributed by atoms with van der Waals surface area (Å²) >= 11 is 5.44. The second-order valence-electron chi connectivity index (χ2n) is 5.73. The molecule has 3 aromatic rings. The first kappa shape index (κ1) is 18.5. The van der Waals surface area contributed by atoms with Crippen molar-refractivity contribution in [2.75, 3.05) is 12.9 Å². The Morgan fingerprint density at radius 1 is 1.08 bits per heavy atom. The van der Waals surface area contributed by atoms with Crippen molar-refractivity contribution in [3.8, 4) is 22.7 Å². The van der Waals surface area contributed by atoms with Crippen molar-refractivity contribution in [2.45, 2.75) is 18.1 Å². The standard InChI is InChI=1S/C19H18BrN2OS.BrH/c1-23-17-9-7-16(8-10-17)22-13-18(14-3-5-15(20)6-4-14)21-11-2-12-24-19(21)22;/h3-10,13H,2,11-12H2,1H3;1H/q+1;/p-1. The van der Waals surface area contributed by atoms with Gasteiger partial charge < -0.3 is 21.7 Å². The lowest BCUT2D eigenvalue weighted by molar-refractivity contribution is -0.724. The first-order chi connectivity index (χ1) is 11.8. The lowest BCUT2D eigenvalue weighted by Crippen LogP contribution is -3.00. The third kappa shape index (κ3) is 3.66. The van der Waals surface area contributed by atoms with Crippen LogP contribution in [0.25, 0.3) is 16.9 Å². The average molecular weight is 482 g/mol. The number of thioether (sulfide) groups is 1. The fraction of sp³-hybridized carbons (Fsp3) is 0.211. The number of nitrogens with zero attached hydrogens (tertiary/aromatic N) is 2. The number of hydrogen-bond acceptors (Lipinski definition) is 2. The number of benzene rings is 2. The van der Waals surface area contributed by atoms with Crippen LogP contribution >= 0.6 is 27.7 Å². The molecule has 1 aromatic heterocycles. The van der Waals surface area contributed by atoms with Crippen LogP contribution in [0.2, 0.25) is 0 Å². The van der Waals surface area contributed by atoms with E-state index in [0.717, 1.165) is 22.5 Å². The van der Waals surface area contributed by atoms with Crippen LogP contribution in [0.4, 0.5) is 0 Å². The zero-order valence-electron chi connectivity index (χ0n) is 13.8. The average Bonchev–Trinajstić information content (AvgIpc) is 3.02. The summed E-state index contributed by atoms with van der Waals surface area (Å²) < 4.78 is 11.1. The van der Waals surface area contributed by atoms with E-state index in [1.54, 1.807) is 7.11 Å². The van der Waals surface area contributed by atoms with Crippen molar-refractivity contribution in [2.24, 2.45) is 0 Å². The summed E-state index contributed by atoms with van der Waals surface area (Å²) in [5.74, 6) is 2.05. The molecule has 0 spiro atoms. The quantitative estimate of drug-likeness (QED) is 0.530. The van der Waals surface area contributed by atoms with Gasteiger partial charge in [0.1, 0.15) is 17.6 Å². The molecule has 1 aliphatic rings. The number of fused-ring (bicyclic) bond motifs is 1. The number of methoxy groups -OCH3 is 1. The van der Waals surface area contributed by atoms with E-state index in [1.165, 1.54) is 28.6 Å². The van der Waals surface area contributed by atoms with Crippen molar-refractivity contribution in [1.82, 2.24) is 4.57 Å². The highest BCUT2D eigenvalue weighted by Crippen LogP contribution is 2.30. The van der Waals surface area contributed by atoms with E-state index in [-0.39, 0.29) is 17.0 Å². The third-order valence-corrected chi connectivity index (χ3v) is 5.92. The Bertz CT molecular complexity index is 860. The van der Waals surface area contributed by atoms with Gasteiger partial charge in [0.25, 0.3) is 0 Å². The van der Waals surface area contributed by atoms with Crippen molar-refractivity contribution in [1.29, 1.82) is 0 Å². The van der Waals surface area contributed by atoms with Crippen LogP contribution in [-0.4, -0.2) is 17.4 Å². The first-order valence-electron chi connectivity index (χ1n) is 7.94. The molecule has 0 radical (unpaired) electrons. The maximum atomic E-state index is 5.28. The van der Waals surface area contributed by atoms with E-state index in [2.05, 4.69) is 67.7 Å². The molecule has 0 N–H and O–H groups in total. The van der Waals surface area contributed by atoms with Gasteiger partial charge in [-0.3, -0.25) is 0 Å². The predicted molar refractivity (Wildman–Crippen MR) is 101 cm³/mol. The number of rotatable bonds is 3. The molecule has 1 aliphatic heterocycles. The molecule has 2 heterocycles. The fourth-order valence-electron chi connectivity index (χ4n) is 3.01. The summed E-state index contributed by atoms with van der Waals surface area (Å²) in [5, 5.41) is 1.30. The van der Waals surface area contributed by atoms with E-state index in [1.807, 2.05) is 23.9 Å². The second kappa shape index (κ2) is 7.98. The summed E-state index contributed by atoms with van der Waals surface area (Å²) in [4.78, 5) is 0. The highest BCUT2D eigenvalue weighted by atomic mass is 79.9. The SMILES string of the molecule is COc1ccc(-n2cc(-c3ccc(Br)cc3)[n+]3c2SCCC3)cc1.[Br-]. The summed E-state index contributed by atoms with van der Waals surface area (Å²) in [6, 6.07) is 16.8. The van der Waals surface area contributed by atoms with Crippen LogP contribution < -0.4 is 26.3 Å². The molecular formula is C19H18Br2N2OS. The largest absolute Gasteiger partial charge is 1.00 e. The third-order valence-electron chi connectivity index (χ3n) is 4.23. The molecule has 2 aromatic carbocycles. The first-order valence-corrected chi connectivity index (χ1v) is 9.72. The molecule has 0 saturated heterocycles. The van der Waals surface area contributed by atoms with Crippen LogP contribution in [0.3, 0.4) is 0 Å². The molecule has 3 nitrogen and oxygen atoms in total. The highest BCUT2D eigenvalue weighted by Gasteiger charge is 2.28. The maximum Gasteiger partial charge on any atom is 0.323 e. The number of imidazole rings is 1. The van der Waals surface area contributed by atoms with Gasteiger partial charge in [0.2, 0.25) is 0 Å². The Labute approximate surface area is 170 Å². The maximum absolute atomic E-state index is 5.28. The molecule has 25 heavy (non-hydrogen) atoms. The van der Waals surface area contributed by atoms with Gasteiger partial charge in [0.05, 0.1) is 13.7 Å². The second-order valence-corrected chi connectivity index (χ2v) is 7.70. The van der Waals surface area contributed by atoms with E-state index < -0.39 is 0 Å². The van der Waals surface area contributed by atoms with Crippen LogP contribution in [0.1, 0.15) is 6.42 Å². The summed E-state index contributed by atoms with van der Waals surface area (Å²) in [6.07, 6.45) is 3.46. The Balaban J connectivity index is 0.00000182. The Hall–Kier alpha value is -1.24. The van der Waals surface area contributed by atoms with Crippen LogP contribution in [0, 0.1) is 0 Å². The van der Waals surface area contributed by atoms with E-state index in [9.17, 15) is 0 Å². The highest BCUT2D eigenvalue weighted by molar-refractivity contribution is 9.10. The van der Waals surface area contributed by atoms with E-state index in [4.69, 9.17) is 4.74 Å². The summed E-state index contributed by atoms with van der Waals surface area (Å²) in [7, 11) is 1.70. The van der Waals surface area contributed by atoms with Crippen molar-refractivity contribution >= 4 is 27.7 Å². The van der Waals surface area contributed by atoms with Gasteiger partial charge >= 0.3 is 5.16 Å². The molecule has 0 saturated carbocycles. The van der Waals surface area contributed by atoms with Crippen molar-refractivity contribution < 1.29 is 26.3 Å². The zero-order valence-corrected chi connectivity index (χ0v) is 17.8. The molecule has 0 amide bonds. The van der Waals surface area contributed by atoms with E-state index >= 15 is 0 Å². The minimum Gasteiger partial charge on any atom is -1.00 e.